The molecule has 0 saturated heterocycles. The van der Waals surface area contributed by atoms with Gasteiger partial charge in [0.05, 0.1) is 0 Å². The highest BCUT2D eigenvalue weighted by Crippen LogP contribution is 2.52. The predicted molar refractivity (Wildman–Crippen MR) is 30.0 cm³/mol. The SMILES string of the molecule is CC1C2CCC1C2. The lowest BCUT2D eigenvalue weighted by Gasteiger charge is -2.31. The Labute approximate surface area is 44.9 Å². The standard InChI is InChI=1S/C7H12/c1-5-6-2-3-7(5)4-6/h5-7H,2-4H2,1H3. The first-order valence-electron chi connectivity index (χ1n) is 3.38. The number of hydrogen-bond acceptors (Lipinski definition) is 0. The zero-order valence-corrected chi connectivity index (χ0v) is 4.85. The van der Waals surface area contributed by atoms with Crippen LogP contribution in [-0.4, -0.2) is 0 Å². The van der Waals surface area contributed by atoms with E-state index in [9.17, 15) is 0 Å². The molecule has 2 atom stereocenters. The molecule has 0 aromatic heterocycles. The second-order valence-electron chi connectivity index (χ2n) is 3.19. The highest BCUT2D eigenvalue weighted by molar-refractivity contribution is 4.93. The van der Waals surface area contributed by atoms with Crippen molar-refractivity contribution in [1.29, 1.82) is 0 Å². The molecule has 0 spiro atoms. The van der Waals surface area contributed by atoms with Gasteiger partial charge in [-0.05, 0) is 37.0 Å². The monoisotopic (exact) mass is 96.1 g/mol. The van der Waals surface area contributed by atoms with Gasteiger partial charge in [0.25, 0.3) is 0 Å². The van der Waals surface area contributed by atoms with Crippen LogP contribution in [0.2, 0.25) is 0 Å². The topological polar surface area (TPSA) is 0 Å². The van der Waals surface area contributed by atoms with Gasteiger partial charge in [-0.25, -0.2) is 0 Å². The summed E-state index contributed by atoms with van der Waals surface area (Å²) in [5.41, 5.74) is 0. The van der Waals surface area contributed by atoms with Gasteiger partial charge in [-0.2, -0.15) is 0 Å². The van der Waals surface area contributed by atoms with E-state index in [0.29, 0.717) is 0 Å². The van der Waals surface area contributed by atoms with Gasteiger partial charge in [0.1, 0.15) is 0 Å². The van der Waals surface area contributed by atoms with Gasteiger partial charge in [-0.15, -0.1) is 0 Å². The quantitative estimate of drug-likeness (QED) is 0.433. The predicted octanol–water partition coefficient (Wildman–Crippen LogP) is 2.05. The Morgan fingerprint density at radius 2 is 1.71 bits per heavy atom. The van der Waals surface area contributed by atoms with Crippen LogP contribution < -0.4 is 0 Å². The number of hydrogen-bond donors (Lipinski definition) is 0. The molecule has 3 aliphatic carbocycles. The van der Waals surface area contributed by atoms with Crippen LogP contribution in [0.3, 0.4) is 0 Å². The molecule has 0 aliphatic heterocycles. The molecule has 7 heavy (non-hydrogen) atoms. The van der Waals surface area contributed by atoms with E-state index in [2.05, 4.69) is 6.92 Å². The van der Waals surface area contributed by atoms with Crippen LogP contribution in [0.4, 0.5) is 0 Å². The van der Waals surface area contributed by atoms with Crippen molar-refractivity contribution in [3.8, 4) is 0 Å². The van der Waals surface area contributed by atoms with Crippen LogP contribution in [0.5, 0.6) is 0 Å². The number of rotatable bonds is 0. The Bertz CT molecular complexity index is 72.0. The Morgan fingerprint density at radius 1 is 1.14 bits per heavy atom. The molecule has 3 fully saturated rings. The van der Waals surface area contributed by atoms with E-state index >= 15 is 0 Å². The fourth-order valence-corrected chi connectivity index (χ4v) is 2.20. The molecule has 0 amide bonds. The lowest BCUT2D eigenvalue weighted by molar-refractivity contribution is 0.178. The second-order valence-corrected chi connectivity index (χ2v) is 3.19. The second kappa shape index (κ2) is 1.04. The summed E-state index contributed by atoms with van der Waals surface area (Å²) < 4.78 is 0. The summed E-state index contributed by atoms with van der Waals surface area (Å²) in [5, 5.41) is 0. The van der Waals surface area contributed by atoms with Crippen molar-refractivity contribution in [2.75, 3.05) is 0 Å². The lowest BCUT2D eigenvalue weighted by atomic mass is 9.74. The van der Waals surface area contributed by atoms with Crippen LogP contribution in [0.1, 0.15) is 26.2 Å². The molecular formula is C7H12. The van der Waals surface area contributed by atoms with Crippen molar-refractivity contribution in [1.82, 2.24) is 0 Å². The summed E-state index contributed by atoms with van der Waals surface area (Å²) in [6.45, 7) is 2.41. The molecule has 0 radical (unpaired) electrons. The minimum absolute atomic E-state index is 1.11. The van der Waals surface area contributed by atoms with Gasteiger partial charge >= 0.3 is 0 Å². The van der Waals surface area contributed by atoms with Gasteiger partial charge in [0.15, 0.2) is 0 Å². The molecular weight excluding hydrogens is 84.1 g/mol. The van der Waals surface area contributed by atoms with Crippen molar-refractivity contribution in [2.45, 2.75) is 26.2 Å². The van der Waals surface area contributed by atoms with Gasteiger partial charge in [0, 0.05) is 0 Å². The third-order valence-electron chi connectivity index (χ3n) is 3.00. The highest BCUT2D eigenvalue weighted by Gasteiger charge is 2.43. The molecule has 2 bridgehead atoms. The zero-order valence-electron chi connectivity index (χ0n) is 4.85. The fourth-order valence-electron chi connectivity index (χ4n) is 2.20. The fraction of sp³-hybridized carbons (Fsp3) is 1.00. The van der Waals surface area contributed by atoms with Crippen molar-refractivity contribution in [2.24, 2.45) is 17.8 Å². The van der Waals surface area contributed by atoms with Crippen molar-refractivity contribution in [3.05, 3.63) is 0 Å². The zero-order chi connectivity index (χ0) is 4.85. The molecule has 3 saturated carbocycles. The molecule has 3 aliphatic rings. The smallest absolute Gasteiger partial charge is 0.0383 e. The normalized spacial score (nSPS) is 57.0. The van der Waals surface area contributed by atoms with Gasteiger partial charge < -0.3 is 0 Å². The first-order valence-corrected chi connectivity index (χ1v) is 3.38. The maximum absolute atomic E-state index is 2.41. The molecule has 0 heteroatoms. The maximum atomic E-state index is 2.41. The summed E-state index contributed by atoms with van der Waals surface area (Å²) in [5.74, 6) is 3.43. The van der Waals surface area contributed by atoms with Crippen LogP contribution in [-0.2, 0) is 0 Å². The molecule has 2 unspecified atom stereocenters. The van der Waals surface area contributed by atoms with E-state index in [1.165, 1.54) is 0 Å². The van der Waals surface area contributed by atoms with Crippen LogP contribution in [0.15, 0.2) is 0 Å². The molecule has 0 N–H and O–H groups in total. The largest absolute Gasteiger partial charge is 0.0620 e. The van der Waals surface area contributed by atoms with Crippen molar-refractivity contribution >= 4 is 0 Å². The van der Waals surface area contributed by atoms with Crippen LogP contribution in [0, 0.1) is 17.8 Å². The van der Waals surface area contributed by atoms with E-state index in [1.54, 1.807) is 19.3 Å². The number of fused-ring (bicyclic) bond motifs is 1. The summed E-state index contributed by atoms with van der Waals surface area (Å²) in [6.07, 6.45) is 4.67. The Hall–Kier alpha value is 0. The van der Waals surface area contributed by atoms with E-state index in [-0.39, 0.29) is 0 Å². The Balaban J connectivity index is 2.14. The Morgan fingerprint density at radius 3 is 1.86 bits per heavy atom. The summed E-state index contributed by atoms with van der Waals surface area (Å²) >= 11 is 0. The van der Waals surface area contributed by atoms with Gasteiger partial charge in [0.2, 0.25) is 0 Å². The molecule has 3 rings (SSSR count). The maximum Gasteiger partial charge on any atom is -0.0383 e. The molecule has 0 nitrogen and oxygen atoms in total. The van der Waals surface area contributed by atoms with E-state index in [4.69, 9.17) is 0 Å². The molecule has 0 aromatic carbocycles. The van der Waals surface area contributed by atoms with E-state index < -0.39 is 0 Å². The van der Waals surface area contributed by atoms with Crippen LogP contribution in [0.25, 0.3) is 0 Å². The van der Waals surface area contributed by atoms with Crippen molar-refractivity contribution < 1.29 is 0 Å². The molecule has 0 aromatic rings. The first-order chi connectivity index (χ1) is 3.38. The minimum atomic E-state index is 1.11. The third-order valence-corrected chi connectivity index (χ3v) is 3.00. The van der Waals surface area contributed by atoms with E-state index in [1.807, 2.05) is 0 Å². The van der Waals surface area contributed by atoms with E-state index in [0.717, 1.165) is 17.8 Å². The van der Waals surface area contributed by atoms with Crippen LogP contribution >= 0.6 is 0 Å². The average molecular weight is 96.2 g/mol. The van der Waals surface area contributed by atoms with Gasteiger partial charge in [-0.1, -0.05) is 6.92 Å². The third kappa shape index (κ3) is 0.332. The Kier molecular flexibility index (Phi) is 0.586. The average Bonchev–Trinajstić information content (AvgIpc) is 2.18. The van der Waals surface area contributed by atoms with Gasteiger partial charge in [-0.3, -0.25) is 0 Å². The first kappa shape index (κ1) is 3.94. The highest BCUT2D eigenvalue weighted by atomic mass is 14.5. The summed E-state index contributed by atoms with van der Waals surface area (Å²) in [7, 11) is 0. The lowest BCUT2D eigenvalue weighted by Crippen LogP contribution is -2.24. The van der Waals surface area contributed by atoms with Crippen molar-refractivity contribution in [3.63, 3.8) is 0 Å². The summed E-state index contributed by atoms with van der Waals surface area (Å²) in [6, 6.07) is 0. The molecule has 0 heterocycles. The summed E-state index contributed by atoms with van der Waals surface area (Å²) in [4.78, 5) is 0. The minimum Gasteiger partial charge on any atom is -0.0620 e. The molecule has 40 valence electrons.